The minimum absolute atomic E-state index is 0.345. The summed E-state index contributed by atoms with van der Waals surface area (Å²) >= 11 is 0. The Morgan fingerprint density at radius 2 is 1.76 bits per heavy atom. The zero-order chi connectivity index (χ0) is 15.2. The van der Waals surface area contributed by atoms with Crippen LogP contribution in [-0.2, 0) is 17.8 Å². The van der Waals surface area contributed by atoms with Crippen molar-refractivity contribution in [1.29, 1.82) is 0 Å². The molecule has 0 heterocycles. The molecule has 2 N–H and O–H groups in total. The Kier molecular flexibility index (Phi) is 4.82. The molecule has 0 aliphatic heterocycles. The molecule has 0 amide bonds. The molecular weight excluding hydrogens is 266 g/mol. The second-order valence-electron chi connectivity index (χ2n) is 4.70. The van der Waals surface area contributed by atoms with E-state index in [9.17, 15) is 4.79 Å². The predicted octanol–water partition coefficient (Wildman–Crippen LogP) is 3.20. The molecular formula is C17H19NO3. The van der Waals surface area contributed by atoms with Crippen LogP contribution >= 0.6 is 0 Å². The van der Waals surface area contributed by atoms with Gasteiger partial charge in [-0.1, -0.05) is 25.1 Å². The summed E-state index contributed by atoms with van der Waals surface area (Å²) in [4.78, 5) is 11.3. The Morgan fingerprint density at radius 3 is 2.33 bits per heavy atom. The Labute approximate surface area is 124 Å². The van der Waals surface area contributed by atoms with Crippen LogP contribution in [0.5, 0.6) is 5.75 Å². The fourth-order valence-electron chi connectivity index (χ4n) is 1.97. The molecule has 0 saturated carbocycles. The molecule has 0 radical (unpaired) electrons. The lowest BCUT2D eigenvalue weighted by Crippen LogP contribution is -2.02. The Bertz CT molecular complexity index is 620. The van der Waals surface area contributed by atoms with Gasteiger partial charge in [0.2, 0.25) is 0 Å². The summed E-state index contributed by atoms with van der Waals surface area (Å²) in [5, 5.41) is 0. The first-order chi connectivity index (χ1) is 10.1. The number of nitrogens with two attached hydrogens (primary N) is 1. The second kappa shape index (κ2) is 6.79. The average Bonchev–Trinajstić information content (AvgIpc) is 2.53. The van der Waals surface area contributed by atoms with Gasteiger partial charge in [-0.25, -0.2) is 4.79 Å². The van der Waals surface area contributed by atoms with E-state index in [1.807, 2.05) is 30.3 Å². The first-order valence-corrected chi connectivity index (χ1v) is 6.82. The van der Waals surface area contributed by atoms with Crippen molar-refractivity contribution in [2.24, 2.45) is 0 Å². The van der Waals surface area contributed by atoms with Gasteiger partial charge in [-0.3, -0.25) is 0 Å². The summed E-state index contributed by atoms with van der Waals surface area (Å²) in [5.41, 5.74) is 9.26. The molecule has 4 nitrogen and oxygen atoms in total. The maximum Gasteiger partial charge on any atom is 0.337 e. The molecule has 4 heteroatoms. The van der Waals surface area contributed by atoms with Crippen molar-refractivity contribution in [1.82, 2.24) is 0 Å². The van der Waals surface area contributed by atoms with Gasteiger partial charge in [0.1, 0.15) is 12.4 Å². The molecule has 2 rings (SSSR count). The molecule has 0 bridgehead atoms. The van der Waals surface area contributed by atoms with Gasteiger partial charge in [0, 0.05) is 0 Å². The summed E-state index contributed by atoms with van der Waals surface area (Å²) < 4.78 is 10.4. The van der Waals surface area contributed by atoms with E-state index in [1.165, 1.54) is 12.7 Å². The van der Waals surface area contributed by atoms with Crippen LogP contribution in [0.15, 0.2) is 42.5 Å². The highest BCUT2D eigenvalue weighted by Gasteiger charge is 2.05. The van der Waals surface area contributed by atoms with Crippen molar-refractivity contribution in [3.63, 3.8) is 0 Å². The molecule has 0 atom stereocenters. The maximum atomic E-state index is 11.3. The van der Waals surface area contributed by atoms with Crippen molar-refractivity contribution >= 4 is 11.7 Å². The number of esters is 1. The first kappa shape index (κ1) is 14.9. The van der Waals surface area contributed by atoms with E-state index in [0.717, 1.165) is 12.0 Å². The molecule has 0 spiro atoms. The van der Waals surface area contributed by atoms with Gasteiger partial charge in [0.25, 0.3) is 0 Å². The van der Waals surface area contributed by atoms with Gasteiger partial charge in [-0.15, -0.1) is 0 Å². The van der Waals surface area contributed by atoms with Crippen LogP contribution < -0.4 is 10.5 Å². The number of methoxy groups -OCH3 is 1. The van der Waals surface area contributed by atoms with Gasteiger partial charge < -0.3 is 15.2 Å². The number of nitrogen functional groups attached to an aromatic ring is 1. The lowest BCUT2D eigenvalue weighted by molar-refractivity contribution is 0.0600. The second-order valence-corrected chi connectivity index (χ2v) is 4.70. The summed E-state index contributed by atoms with van der Waals surface area (Å²) in [6.45, 7) is 2.48. The van der Waals surface area contributed by atoms with E-state index < -0.39 is 0 Å². The third-order valence-electron chi connectivity index (χ3n) is 3.25. The molecule has 2 aromatic carbocycles. The standard InChI is InChI=1S/C17H19NO3/c1-3-12-6-9-16(15(18)10-12)21-11-13-4-7-14(8-5-13)17(19)20-2/h4-10H,3,11,18H2,1-2H3. The highest BCUT2D eigenvalue weighted by molar-refractivity contribution is 5.89. The summed E-state index contributed by atoms with van der Waals surface area (Å²) in [6, 6.07) is 12.9. The smallest absolute Gasteiger partial charge is 0.337 e. The van der Waals surface area contributed by atoms with Gasteiger partial charge in [0.15, 0.2) is 0 Å². The molecule has 0 aliphatic rings. The van der Waals surface area contributed by atoms with Crippen LogP contribution in [0.4, 0.5) is 5.69 Å². The minimum Gasteiger partial charge on any atom is -0.487 e. The third kappa shape index (κ3) is 3.75. The zero-order valence-corrected chi connectivity index (χ0v) is 12.3. The number of aryl methyl sites for hydroxylation is 1. The van der Waals surface area contributed by atoms with Crippen LogP contribution in [-0.4, -0.2) is 13.1 Å². The van der Waals surface area contributed by atoms with Crippen molar-refractivity contribution in [3.8, 4) is 5.75 Å². The van der Waals surface area contributed by atoms with E-state index in [-0.39, 0.29) is 5.97 Å². The molecule has 21 heavy (non-hydrogen) atoms. The molecule has 0 unspecified atom stereocenters. The lowest BCUT2D eigenvalue weighted by Gasteiger charge is -2.10. The predicted molar refractivity (Wildman–Crippen MR) is 82.3 cm³/mol. The van der Waals surface area contributed by atoms with Crippen molar-refractivity contribution in [3.05, 3.63) is 59.2 Å². The van der Waals surface area contributed by atoms with E-state index in [1.54, 1.807) is 12.1 Å². The van der Waals surface area contributed by atoms with Gasteiger partial charge in [-0.05, 0) is 41.8 Å². The number of benzene rings is 2. The largest absolute Gasteiger partial charge is 0.487 e. The Hall–Kier alpha value is -2.49. The molecule has 2 aromatic rings. The summed E-state index contributed by atoms with van der Waals surface area (Å²) in [7, 11) is 1.36. The molecule has 110 valence electrons. The highest BCUT2D eigenvalue weighted by Crippen LogP contribution is 2.23. The average molecular weight is 285 g/mol. The van der Waals surface area contributed by atoms with Crippen LogP contribution in [0.25, 0.3) is 0 Å². The molecule has 0 fully saturated rings. The van der Waals surface area contributed by atoms with E-state index in [2.05, 4.69) is 11.7 Å². The fourth-order valence-corrected chi connectivity index (χ4v) is 1.97. The maximum absolute atomic E-state index is 11.3. The van der Waals surface area contributed by atoms with E-state index >= 15 is 0 Å². The number of hydrogen-bond donors (Lipinski definition) is 1. The van der Waals surface area contributed by atoms with Crippen LogP contribution in [0.1, 0.15) is 28.4 Å². The topological polar surface area (TPSA) is 61.5 Å². The first-order valence-electron chi connectivity index (χ1n) is 6.82. The summed E-state index contributed by atoms with van der Waals surface area (Å²) in [5.74, 6) is 0.325. The normalized spacial score (nSPS) is 10.2. The van der Waals surface area contributed by atoms with Crippen molar-refractivity contribution in [2.45, 2.75) is 20.0 Å². The van der Waals surface area contributed by atoms with Crippen LogP contribution in [0.2, 0.25) is 0 Å². The third-order valence-corrected chi connectivity index (χ3v) is 3.25. The lowest BCUT2D eigenvalue weighted by atomic mass is 10.1. The van der Waals surface area contributed by atoms with Gasteiger partial charge >= 0.3 is 5.97 Å². The zero-order valence-electron chi connectivity index (χ0n) is 12.3. The van der Waals surface area contributed by atoms with Gasteiger partial charge in [-0.2, -0.15) is 0 Å². The number of rotatable bonds is 5. The fraction of sp³-hybridized carbons (Fsp3) is 0.235. The number of ether oxygens (including phenoxy) is 2. The van der Waals surface area contributed by atoms with Crippen molar-refractivity contribution < 1.29 is 14.3 Å². The number of carbonyl (C=O) groups is 1. The monoisotopic (exact) mass is 285 g/mol. The number of anilines is 1. The van der Waals surface area contributed by atoms with Crippen LogP contribution in [0.3, 0.4) is 0 Å². The Morgan fingerprint density at radius 1 is 1.10 bits per heavy atom. The van der Waals surface area contributed by atoms with E-state index in [0.29, 0.717) is 23.6 Å². The molecule has 0 saturated heterocycles. The summed E-state index contributed by atoms with van der Waals surface area (Å²) in [6.07, 6.45) is 0.944. The number of carbonyl (C=O) groups excluding carboxylic acids is 1. The van der Waals surface area contributed by atoms with Gasteiger partial charge in [0.05, 0.1) is 18.4 Å². The SMILES string of the molecule is CCc1ccc(OCc2ccc(C(=O)OC)cc2)c(N)c1. The van der Waals surface area contributed by atoms with Crippen LogP contribution in [0, 0.1) is 0 Å². The van der Waals surface area contributed by atoms with E-state index in [4.69, 9.17) is 10.5 Å². The minimum atomic E-state index is -0.345. The number of hydrogen-bond acceptors (Lipinski definition) is 4. The molecule has 0 aromatic heterocycles. The highest BCUT2D eigenvalue weighted by atomic mass is 16.5. The quantitative estimate of drug-likeness (QED) is 0.677. The van der Waals surface area contributed by atoms with Crippen molar-refractivity contribution in [2.75, 3.05) is 12.8 Å². The molecule has 0 aliphatic carbocycles. The Balaban J connectivity index is 2.01.